The molecule has 2 aliphatic heterocycles. The van der Waals surface area contributed by atoms with Crippen LogP contribution in [-0.4, -0.2) is 55.1 Å². The number of hydrogen-bond donors (Lipinski definition) is 1. The number of alkyl halides is 3. The number of nitrogens with one attached hydrogen (secondary N) is 1. The first-order valence-corrected chi connectivity index (χ1v) is 9.50. The number of aromatic nitrogens is 2. The zero-order valence-electron chi connectivity index (χ0n) is 15.7. The highest BCUT2D eigenvalue weighted by Gasteiger charge is 2.40. The van der Waals surface area contributed by atoms with Crippen LogP contribution >= 0.6 is 0 Å². The Morgan fingerprint density at radius 1 is 1.21 bits per heavy atom. The Labute approximate surface area is 161 Å². The lowest BCUT2D eigenvalue weighted by molar-refractivity contribution is -0.141. The predicted molar refractivity (Wildman–Crippen MR) is 97.4 cm³/mol. The monoisotopic (exact) mass is 395 g/mol. The molecule has 2 aliphatic rings. The van der Waals surface area contributed by atoms with E-state index in [9.17, 15) is 13.2 Å². The zero-order valence-corrected chi connectivity index (χ0v) is 15.7. The lowest BCUT2D eigenvalue weighted by atomic mass is 9.86. The van der Waals surface area contributed by atoms with Crippen molar-refractivity contribution in [3.05, 3.63) is 47.3 Å². The highest BCUT2D eigenvalue weighted by molar-refractivity contribution is 5.34. The smallest absolute Gasteiger partial charge is 0.435 e. The molecular weight excluding hydrogens is 371 g/mol. The molecule has 152 valence electrons. The zero-order chi connectivity index (χ0) is 19.7. The Morgan fingerprint density at radius 2 is 1.96 bits per heavy atom. The fraction of sp³-hybridized carbons (Fsp3) is 0.550. The lowest BCUT2D eigenvalue weighted by Crippen LogP contribution is -2.28. The summed E-state index contributed by atoms with van der Waals surface area (Å²) in [6.45, 7) is 3.96. The van der Waals surface area contributed by atoms with Crippen molar-refractivity contribution >= 4 is 0 Å². The van der Waals surface area contributed by atoms with Crippen molar-refractivity contribution in [2.75, 3.05) is 40.0 Å². The van der Waals surface area contributed by atoms with Gasteiger partial charge in [0.25, 0.3) is 0 Å². The van der Waals surface area contributed by atoms with Gasteiger partial charge in [0.2, 0.25) is 0 Å². The molecular formula is C20H24F3N3O2. The van der Waals surface area contributed by atoms with Gasteiger partial charge >= 0.3 is 6.18 Å². The van der Waals surface area contributed by atoms with Crippen molar-refractivity contribution in [2.45, 2.75) is 24.4 Å². The summed E-state index contributed by atoms with van der Waals surface area (Å²) in [5.74, 6) is 1.27. The van der Waals surface area contributed by atoms with E-state index in [2.05, 4.69) is 15.1 Å². The third-order valence-corrected chi connectivity index (χ3v) is 5.77. The Bertz CT molecular complexity index is 785. The second kappa shape index (κ2) is 7.75. The molecule has 1 aromatic carbocycles. The molecule has 0 aliphatic carbocycles. The van der Waals surface area contributed by atoms with E-state index >= 15 is 0 Å². The van der Waals surface area contributed by atoms with Gasteiger partial charge in [-0.15, -0.1) is 0 Å². The van der Waals surface area contributed by atoms with Gasteiger partial charge in [-0.25, -0.2) is 0 Å². The van der Waals surface area contributed by atoms with Gasteiger partial charge in [0.1, 0.15) is 5.75 Å². The standard InChI is InChI=1S/C20H24F3N3O2/c1-27-15-4-2-14(3-5-15)16-10-26(9-13-6-7-28-12-13)11-17(16)18-8-19(25-24-18)20(21,22)23/h2-5,8,13,16-17H,6-7,9-12H2,1H3,(H,24,25)/t13-,16-,17+/m0/s1. The second-order valence-electron chi connectivity index (χ2n) is 7.64. The highest BCUT2D eigenvalue weighted by atomic mass is 19.4. The molecule has 2 fully saturated rings. The summed E-state index contributed by atoms with van der Waals surface area (Å²) >= 11 is 0. The molecule has 0 bridgehead atoms. The number of nitrogens with zero attached hydrogens (tertiary/aromatic N) is 2. The lowest BCUT2D eigenvalue weighted by Gasteiger charge is -2.19. The minimum Gasteiger partial charge on any atom is -0.497 e. The third kappa shape index (κ3) is 4.03. The molecule has 1 aromatic heterocycles. The van der Waals surface area contributed by atoms with Crippen molar-refractivity contribution < 1.29 is 22.6 Å². The topological polar surface area (TPSA) is 50.4 Å². The number of aromatic amines is 1. The van der Waals surface area contributed by atoms with Crippen LogP contribution < -0.4 is 4.74 Å². The third-order valence-electron chi connectivity index (χ3n) is 5.77. The SMILES string of the molecule is COc1ccc([C@@H]2CN(C[C@@H]3CCOC3)C[C@H]2c2cc(C(F)(F)F)n[nH]2)cc1. The van der Waals surface area contributed by atoms with Crippen LogP contribution in [-0.2, 0) is 10.9 Å². The summed E-state index contributed by atoms with van der Waals surface area (Å²) in [6, 6.07) is 8.95. The minimum atomic E-state index is -4.44. The molecule has 0 radical (unpaired) electrons. The fourth-order valence-corrected chi connectivity index (χ4v) is 4.30. The van der Waals surface area contributed by atoms with Crippen LogP contribution in [0.15, 0.2) is 30.3 Å². The van der Waals surface area contributed by atoms with E-state index in [0.717, 1.165) is 50.1 Å². The van der Waals surface area contributed by atoms with E-state index in [1.54, 1.807) is 7.11 Å². The highest BCUT2D eigenvalue weighted by Crippen LogP contribution is 2.41. The van der Waals surface area contributed by atoms with Crippen LogP contribution in [0.5, 0.6) is 5.75 Å². The minimum absolute atomic E-state index is 0.0701. The van der Waals surface area contributed by atoms with E-state index in [1.807, 2.05) is 24.3 Å². The van der Waals surface area contributed by atoms with Crippen molar-refractivity contribution in [3.63, 3.8) is 0 Å². The molecule has 3 atom stereocenters. The van der Waals surface area contributed by atoms with Crippen LogP contribution in [0.2, 0.25) is 0 Å². The number of hydrogen-bond acceptors (Lipinski definition) is 4. The van der Waals surface area contributed by atoms with E-state index in [1.165, 1.54) is 0 Å². The van der Waals surface area contributed by atoms with Gasteiger partial charge in [0.05, 0.1) is 13.7 Å². The van der Waals surface area contributed by atoms with E-state index < -0.39 is 11.9 Å². The molecule has 2 aromatic rings. The van der Waals surface area contributed by atoms with Crippen LogP contribution in [0, 0.1) is 5.92 Å². The normalized spacial score (nSPS) is 26.1. The van der Waals surface area contributed by atoms with Gasteiger partial charge in [-0.3, -0.25) is 5.10 Å². The first-order valence-electron chi connectivity index (χ1n) is 9.50. The predicted octanol–water partition coefficient (Wildman–Crippen LogP) is 3.66. The molecule has 0 spiro atoms. The molecule has 3 heterocycles. The molecule has 28 heavy (non-hydrogen) atoms. The molecule has 0 unspecified atom stereocenters. The van der Waals surface area contributed by atoms with Gasteiger partial charge in [0.15, 0.2) is 5.69 Å². The number of halogens is 3. The van der Waals surface area contributed by atoms with Crippen molar-refractivity contribution in [3.8, 4) is 5.75 Å². The molecule has 5 nitrogen and oxygen atoms in total. The average molecular weight is 395 g/mol. The maximum Gasteiger partial charge on any atom is 0.435 e. The summed E-state index contributed by atoms with van der Waals surface area (Å²) < 4.78 is 49.8. The van der Waals surface area contributed by atoms with Crippen molar-refractivity contribution in [1.29, 1.82) is 0 Å². The van der Waals surface area contributed by atoms with Gasteiger partial charge < -0.3 is 14.4 Å². The Kier molecular flexibility index (Phi) is 5.33. The molecule has 8 heteroatoms. The van der Waals surface area contributed by atoms with Crippen molar-refractivity contribution in [1.82, 2.24) is 15.1 Å². The van der Waals surface area contributed by atoms with Gasteiger partial charge in [-0.1, -0.05) is 12.1 Å². The van der Waals surface area contributed by atoms with Gasteiger partial charge in [-0.05, 0) is 36.1 Å². The number of benzene rings is 1. The summed E-state index contributed by atoms with van der Waals surface area (Å²) in [4.78, 5) is 2.34. The maximum absolute atomic E-state index is 13.0. The van der Waals surface area contributed by atoms with E-state index in [0.29, 0.717) is 18.2 Å². The van der Waals surface area contributed by atoms with E-state index in [4.69, 9.17) is 9.47 Å². The number of H-pyrrole nitrogens is 1. The first-order chi connectivity index (χ1) is 13.4. The van der Waals surface area contributed by atoms with Crippen LogP contribution in [0.1, 0.15) is 35.2 Å². The molecule has 4 rings (SSSR count). The quantitative estimate of drug-likeness (QED) is 0.840. The number of ether oxygens (including phenoxy) is 2. The maximum atomic E-state index is 13.0. The molecule has 0 saturated carbocycles. The summed E-state index contributed by atoms with van der Waals surface area (Å²) in [5, 5.41) is 6.15. The summed E-state index contributed by atoms with van der Waals surface area (Å²) in [5.41, 5.74) is 0.774. The number of rotatable bonds is 5. The van der Waals surface area contributed by atoms with Gasteiger partial charge in [0, 0.05) is 43.8 Å². The second-order valence-corrected chi connectivity index (χ2v) is 7.64. The number of likely N-dealkylation sites (tertiary alicyclic amines) is 1. The van der Waals surface area contributed by atoms with Crippen LogP contribution in [0.25, 0.3) is 0 Å². The van der Waals surface area contributed by atoms with E-state index in [-0.39, 0.29) is 11.8 Å². The Balaban J connectivity index is 1.58. The Morgan fingerprint density at radius 3 is 2.57 bits per heavy atom. The van der Waals surface area contributed by atoms with Crippen LogP contribution in [0.3, 0.4) is 0 Å². The average Bonchev–Trinajstić information content (AvgIpc) is 3.42. The molecule has 0 amide bonds. The largest absolute Gasteiger partial charge is 0.497 e. The molecule has 1 N–H and O–H groups in total. The molecule has 2 saturated heterocycles. The first kappa shape index (κ1) is 19.3. The Hall–Kier alpha value is -2.06. The summed E-state index contributed by atoms with van der Waals surface area (Å²) in [6.07, 6.45) is -3.40. The van der Waals surface area contributed by atoms with Crippen molar-refractivity contribution in [2.24, 2.45) is 5.92 Å². The van der Waals surface area contributed by atoms with Crippen LogP contribution in [0.4, 0.5) is 13.2 Å². The van der Waals surface area contributed by atoms with Gasteiger partial charge in [-0.2, -0.15) is 18.3 Å². The fourth-order valence-electron chi connectivity index (χ4n) is 4.30. The summed E-state index contributed by atoms with van der Waals surface area (Å²) in [7, 11) is 1.61. The number of methoxy groups -OCH3 is 1.